The van der Waals surface area contributed by atoms with Crippen LogP contribution in [0, 0.1) is 0 Å². The Morgan fingerprint density at radius 1 is 1.25 bits per heavy atom. The minimum atomic E-state index is -1.51. The van der Waals surface area contributed by atoms with Gasteiger partial charge in [0.25, 0.3) is 5.91 Å². The maximum Gasteiger partial charge on any atom is 1.00 e. The van der Waals surface area contributed by atoms with E-state index in [1.54, 1.807) is 0 Å². The monoisotopic (exact) mass is 285 g/mol. The molecule has 20 heavy (non-hydrogen) atoms. The Kier molecular flexibility index (Phi) is 7.20. The number of hydrogen-bond acceptors (Lipinski definition) is 5. The van der Waals surface area contributed by atoms with Crippen LogP contribution in [0.25, 0.3) is 0 Å². The number of amides is 1. The molecule has 1 aromatic carbocycles. The number of nitrogens with one attached hydrogen (secondary N) is 1. The van der Waals surface area contributed by atoms with Gasteiger partial charge in [-0.2, -0.15) is 0 Å². The molecule has 0 aliphatic heterocycles. The van der Waals surface area contributed by atoms with Crippen molar-refractivity contribution in [3.8, 4) is 5.75 Å². The first kappa shape index (κ1) is 18.4. The summed E-state index contributed by atoms with van der Waals surface area (Å²) in [5, 5.41) is 13.4. The summed E-state index contributed by atoms with van der Waals surface area (Å²) in [5.74, 6) is -2.74. The van der Waals surface area contributed by atoms with E-state index in [4.69, 9.17) is 4.74 Å². The molecular formula is C13H12NNaO5. The largest absolute Gasteiger partial charge is 1.00 e. The molecule has 1 amide bonds. The van der Waals surface area contributed by atoms with E-state index in [9.17, 15) is 19.5 Å². The van der Waals surface area contributed by atoms with Gasteiger partial charge in [0.15, 0.2) is 0 Å². The van der Waals surface area contributed by atoms with Crippen LogP contribution in [0.15, 0.2) is 30.4 Å². The van der Waals surface area contributed by atoms with E-state index in [2.05, 4.69) is 11.9 Å². The van der Waals surface area contributed by atoms with Crippen molar-refractivity contribution >= 4 is 23.5 Å². The number of carbonyl (C=O) groups excluding carboxylic acids is 3. The van der Waals surface area contributed by atoms with E-state index in [1.165, 1.54) is 19.1 Å². The van der Waals surface area contributed by atoms with Crippen LogP contribution in [0.5, 0.6) is 5.75 Å². The molecule has 0 saturated carbocycles. The van der Waals surface area contributed by atoms with Crippen molar-refractivity contribution in [1.82, 2.24) is 0 Å². The number of carboxylic acid groups (broad SMARTS) is 1. The van der Waals surface area contributed by atoms with Gasteiger partial charge < -0.3 is 20.0 Å². The number of esters is 1. The van der Waals surface area contributed by atoms with Gasteiger partial charge in [-0.15, -0.1) is 0 Å². The third-order valence-electron chi connectivity index (χ3n) is 2.10. The number of anilines is 1. The van der Waals surface area contributed by atoms with Crippen molar-refractivity contribution in [2.75, 3.05) is 5.32 Å². The van der Waals surface area contributed by atoms with Gasteiger partial charge in [0, 0.05) is 23.7 Å². The summed E-state index contributed by atoms with van der Waals surface area (Å²) in [5.41, 5.74) is 0.192. The van der Waals surface area contributed by atoms with Crippen LogP contribution in [0.2, 0.25) is 0 Å². The van der Waals surface area contributed by atoms with Crippen LogP contribution < -0.4 is 44.7 Å². The van der Waals surface area contributed by atoms with E-state index in [1.807, 2.05) is 0 Å². The van der Waals surface area contributed by atoms with Gasteiger partial charge in [0.05, 0.1) is 5.97 Å². The maximum atomic E-state index is 11.4. The predicted octanol–water partition coefficient (Wildman–Crippen LogP) is -2.51. The first-order valence-corrected chi connectivity index (χ1v) is 5.32. The Morgan fingerprint density at radius 2 is 1.85 bits per heavy atom. The Hall–Kier alpha value is -1.63. The fourth-order valence-corrected chi connectivity index (χ4v) is 1.25. The van der Waals surface area contributed by atoms with Crippen molar-refractivity contribution in [3.05, 3.63) is 35.9 Å². The number of aromatic carboxylic acids is 1. The molecule has 0 saturated heterocycles. The Morgan fingerprint density at radius 3 is 2.30 bits per heavy atom. The number of carboxylic acids is 1. The first-order valence-electron chi connectivity index (χ1n) is 5.32. The molecule has 0 fully saturated rings. The van der Waals surface area contributed by atoms with Gasteiger partial charge >= 0.3 is 35.5 Å². The molecule has 0 aliphatic carbocycles. The Labute approximate surface area is 138 Å². The van der Waals surface area contributed by atoms with E-state index in [0.29, 0.717) is 0 Å². The maximum absolute atomic E-state index is 11.4. The van der Waals surface area contributed by atoms with E-state index in [-0.39, 0.29) is 52.1 Å². The zero-order valence-electron chi connectivity index (χ0n) is 11.5. The molecule has 0 bridgehead atoms. The smallest absolute Gasteiger partial charge is 0.545 e. The average Bonchev–Trinajstić information content (AvgIpc) is 2.29. The molecule has 0 aliphatic rings. The average molecular weight is 285 g/mol. The fourth-order valence-electron chi connectivity index (χ4n) is 1.25. The molecule has 0 unspecified atom stereocenters. The van der Waals surface area contributed by atoms with Crippen LogP contribution in [-0.4, -0.2) is 17.8 Å². The van der Waals surface area contributed by atoms with Crippen molar-refractivity contribution in [2.24, 2.45) is 0 Å². The van der Waals surface area contributed by atoms with Gasteiger partial charge in [-0.25, -0.2) is 0 Å². The van der Waals surface area contributed by atoms with Gasteiger partial charge in [0.2, 0.25) is 0 Å². The minimum absolute atomic E-state index is 0. The van der Waals surface area contributed by atoms with Crippen molar-refractivity contribution < 1.29 is 53.8 Å². The van der Waals surface area contributed by atoms with Crippen molar-refractivity contribution in [3.63, 3.8) is 0 Å². The zero-order chi connectivity index (χ0) is 14.6. The zero-order valence-corrected chi connectivity index (χ0v) is 13.5. The van der Waals surface area contributed by atoms with Gasteiger partial charge in [-0.05, 0) is 25.1 Å². The summed E-state index contributed by atoms with van der Waals surface area (Å²) in [4.78, 5) is 33.2. The molecule has 1 aromatic rings. The molecule has 1 rings (SSSR count). The summed E-state index contributed by atoms with van der Waals surface area (Å²) in [6, 6.07) is 3.82. The van der Waals surface area contributed by atoms with Crippen LogP contribution in [-0.2, 0) is 9.59 Å². The topological polar surface area (TPSA) is 95.5 Å². The van der Waals surface area contributed by atoms with Crippen molar-refractivity contribution in [2.45, 2.75) is 13.8 Å². The molecular weight excluding hydrogens is 273 g/mol. The molecule has 0 heterocycles. The van der Waals surface area contributed by atoms with Crippen LogP contribution in [0.4, 0.5) is 5.69 Å². The van der Waals surface area contributed by atoms with Crippen LogP contribution in [0.1, 0.15) is 24.2 Å². The molecule has 0 radical (unpaired) electrons. The normalized spacial score (nSPS) is 9.10. The third-order valence-corrected chi connectivity index (χ3v) is 2.10. The fraction of sp³-hybridized carbons (Fsp3) is 0.154. The van der Waals surface area contributed by atoms with E-state index < -0.39 is 17.8 Å². The summed E-state index contributed by atoms with van der Waals surface area (Å²) in [7, 11) is 0. The van der Waals surface area contributed by atoms with Crippen LogP contribution in [0.3, 0.4) is 0 Å². The molecule has 100 valence electrons. The molecule has 0 spiro atoms. The standard InChI is InChI=1S/C13H13NO5.Na/c1-7(2)12(16)14-9-4-5-11(19-8(3)15)10(6-9)13(17)18;/h4-6H,1H2,2-3H3,(H,14,16)(H,17,18);/q;+1/p-1. The summed E-state index contributed by atoms with van der Waals surface area (Å²) < 4.78 is 4.72. The SMILES string of the molecule is C=C(C)C(=O)Nc1ccc(OC(C)=O)c(C(=O)[O-])c1.[Na+]. The molecule has 6 nitrogen and oxygen atoms in total. The number of benzene rings is 1. The number of ether oxygens (including phenoxy) is 1. The Bertz CT molecular complexity index is 568. The third kappa shape index (κ3) is 5.16. The number of rotatable bonds is 4. The quantitative estimate of drug-likeness (QED) is 0.285. The van der Waals surface area contributed by atoms with E-state index in [0.717, 1.165) is 13.0 Å². The second-order valence-corrected chi connectivity index (χ2v) is 3.83. The van der Waals surface area contributed by atoms with Gasteiger partial charge in [-0.1, -0.05) is 6.58 Å². The van der Waals surface area contributed by atoms with Crippen molar-refractivity contribution in [1.29, 1.82) is 0 Å². The first-order chi connectivity index (χ1) is 8.81. The number of carbonyl (C=O) groups is 3. The summed E-state index contributed by atoms with van der Waals surface area (Å²) >= 11 is 0. The number of hydrogen-bond donors (Lipinski definition) is 1. The van der Waals surface area contributed by atoms with Crippen LogP contribution >= 0.6 is 0 Å². The summed E-state index contributed by atoms with van der Waals surface area (Å²) in [6.07, 6.45) is 0. The molecule has 1 N–H and O–H groups in total. The second kappa shape index (κ2) is 7.84. The van der Waals surface area contributed by atoms with Gasteiger partial charge in [0.1, 0.15) is 5.75 Å². The molecule has 7 heteroatoms. The second-order valence-electron chi connectivity index (χ2n) is 3.83. The van der Waals surface area contributed by atoms with Gasteiger partial charge in [-0.3, -0.25) is 9.59 Å². The predicted molar refractivity (Wildman–Crippen MR) is 65.5 cm³/mol. The minimum Gasteiger partial charge on any atom is -0.545 e. The Balaban J connectivity index is 0.00000361. The molecule has 0 atom stereocenters. The molecule has 0 aromatic heterocycles. The van der Waals surface area contributed by atoms with E-state index >= 15 is 0 Å². The summed E-state index contributed by atoms with van der Waals surface area (Å²) in [6.45, 7) is 6.12.